The smallest absolute Gasteiger partial charge is 0.157 e. The van der Waals surface area contributed by atoms with Gasteiger partial charge in [-0.25, -0.2) is 0 Å². The van der Waals surface area contributed by atoms with E-state index in [1.54, 1.807) is 6.92 Å². The van der Waals surface area contributed by atoms with Crippen LogP contribution in [0.2, 0.25) is 0 Å². The minimum absolute atomic E-state index is 0.158. The average Bonchev–Trinajstić information content (AvgIpc) is 1.99. The summed E-state index contributed by atoms with van der Waals surface area (Å²) in [7, 11) is 0. The number of allylic oxidation sites excluding steroid dienone is 1. The summed E-state index contributed by atoms with van der Waals surface area (Å²) in [6, 6.07) is 0. The van der Waals surface area contributed by atoms with Crippen molar-refractivity contribution in [2.75, 3.05) is 6.54 Å². The van der Waals surface area contributed by atoms with Crippen molar-refractivity contribution in [3.8, 4) is 0 Å². The van der Waals surface area contributed by atoms with Gasteiger partial charge in [-0.05, 0) is 31.4 Å². The molecule has 0 saturated carbocycles. The molecule has 0 aliphatic rings. The van der Waals surface area contributed by atoms with Crippen molar-refractivity contribution in [1.82, 2.24) is 0 Å². The lowest BCUT2D eigenvalue weighted by Crippen LogP contribution is -2.12. The van der Waals surface area contributed by atoms with Crippen LogP contribution in [0.15, 0.2) is 12.2 Å². The molecule has 2 nitrogen and oxygen atoms in total. The maximum Gasteiger partial charge on any atom is 0.157 e. The minimum atomic E-state index is 0.158. The van der Waals surface area contributed by atoms with E-state index in [2.05, 4.69) is 6.58 Å². The van der Waals surface area contributed by atoms with Gasteiger partial charge < -0.3 is 5.73 Å². The molecular formula is C9H17NO. The summed E-state index contributed by atoms with van der Waals surface area (Å²) in [4.78, 5) is 11.0. The van der Waals surface area contributed by atoms with Crippen molar-refractivity contribution >= 4 is 5.78 Å². The summed E-state index contributed by atoms with van der Waals surface area (Å²) in [5.74, 6) is 0.601. The van der Waals surface area contributed by atoms with Gasteiger partial charge in [-0.3, -0.25) is 4.79 Å². The lowest BCUT2D eigenvalue weighted by Gasteiger charge is -2.06. The van der Waals surface area contributed by atoms with Crippen LogP contribution in [0, 0.1) is 5.92 Å². The molecule has 0 bridgehead atoms. The number of nitrogens with two attached hydrogens (primary N) is 1. The van der Waals surface area contributed by atoms with E-state index in [0.717, 1.165) is 6.42 Å². The molecule has 0 aromatic rings. The predicted octanol–water partition coefficient (Wildman–Crippen LogP) is 1.51. The van der Waals surface area contributed by atoms with Gasteiger partial charge in [0.15, 0.2) is 5.78 Å². The maximum atomic E-state index is 11.0. The highest BCUT2D eigenvalue weighted by Gasteiger charge is 2.05. The van der Waals surface area contributed by atoms with E-state index >= 15 is 0 Å². The minimum Gasteiger partial charge on any atom is -0.330 e. The van der Waals surface area contributed by atoms with Gasteiger partial charge in [0.05, 0.1) is 0 Å². The first-order valence-corrected chi connectivity index (χ1v) is 3.96. The normalized spacial score (nSPS) is 12.6. The van der Waals surface area contributed by atoms with Crippen molar-refractivity contribution < 1.29 is 4.79 Å². The van der Waals surface area contributed by atoms with Crippen LogP contribution in [-0.4, -0.2) is 12.3 Å². The molecule has 0 aromatic carbocycles. The summed E-state index contributed by atoms with van der Waals surface area (Å²) < 4.78 is 0. The van der Waals surface area contributed by atoms with Gasteiger partial charge in [0.2, 0.25) is 0 Å². The summed E-state index contributed by atoms with van der Waals surface area (Å²) in [6.07, 6.45) is 1.47. The Balaban J connectivity index is 3.54. The van der Waals surface area contributed by atoms with Crippen molar-refractivity contribution in [1.29, 1.82) is 0 Å². The summed E-state index contributed by atoms with van der Waals surface area (Å²) in [5, 5.41) is 0. The SMILES string of the molecule is C=C(C)C(=O)CCC(C)CN. The molecule has 0 amide bonds. The Morgan fingerprint density at radius 1 is 1.64 bits per heavy atom. The molecule has 11 heavy (non-hydrogen) atoms. The van der Waals surface area contributed by atoms with E-state index in [4.69, 9.17) is 5.73 Å². The second kappa shape index (κ2) is 5.08. The van der Waals surface area contributed by atoms with Gasteiger partial charge >= 0.3 is 0 Å². The zero-order valence-corrected chi connectivity index (χ0v) is 7.39. The fourth-order valence-corrected chi connectivity index (χ4v) is 0.709. The molecule has 0 radical (unpaired) electrons. The van der Waals surface area contributed by atoms with Crippen LogP contribution in [0.25, 0.3) is 0 Å². The highest BCUT2D eigenvalue weighted by atomic mass is 16.1. The molecule has 0 aliphatic carbocycles. The molecule has 0 rings (SSSR count). The van der Waals surface area contributed by atoms with Crippen molar-refractivity contribution in [3.05, 3.63) is 12.2 Å². The summed E-state index contributed by atoms with van der Waals surface area (Å²) >= 11 is 0. The third kappa shape index (κ3) is 4.73. The van der Waals surface area contributed by atoms with Crippen LogP contribution < -0.4 is 5.73 Å². The molecule has 1 unspecified atom stereocenters. The highest BCUT2D eigenvalue weighted by Crippen LogP contribution is 2.06. The number of hydrogen-bond donors (Lipinski definition) is 1. The Bertz CT molecular complexity index is 152. The number of rotatable bonds is 5. The first-order valence-electron chi connectivity index (χ1n) is 3.96. The monoisotopic (exact) mass is 155 g/mol. The Labute approximate surface area is 68.5 Å². The third-order valence-electron chi connectivity index (χ3n) is 1.74. The van der Waals surface area contributed by atoms with Gasteiger partial charge in [-0.1, -0.05) is 13.5 Å². The van der Waals surface area contributed by atoms with Crippen LogP contribution in [0.3, 0.4) is 0 Å². The molecule has 0 heterocycles. The zero-order chi connectivity index (χ0) is 8.85. The molecule has 0 aliphatic heterocycles. The van der Waals surface area contributed by atoms with E-state index in [0.29, 0.717) is 24.5 Å². The Hall–Kier alpha value is -0.630. The summed E-state index contributed by atoms with van der Waals surface area (Å²) in [6.45, 7) is 8.03. The standard InChI is InChI=1S/C9H17NO/c1-7(2)9(11)5-4-8(3)6-10/h8H,1,4-6,10H2,2-3H3. The zero-order valence-electron chi connectivity index (χ0n) is 7.39. The molecule has 2 heteroatoms. The molecule has 0 fully saturated rings. The topological polar surface area (TPSA) is 43.1 Å². The van der Waals surface area contributed by atoms with Crippen molar-refractivity contribution in [3.63, 3.8) is 0 Å². The number of carbonyl (C=O) groups is 1. The van der Waals surface area contributed by atoms with Crippen molar-refractivity contribution in [2.24, 2.45) is 11.7 Å². The van der Waals surface area contributed by atoms with Gasteiger partial charge in [0, 0.05) is 6.42 Å². The molecule has 64 valence electrons. The van der Waals surface area contributed by atoms with Gasteiger partial charge in [0.1, 0.15) is 0 Å². The predicted molar refractivity (Wildman–Crippen MR) is 47.3 cm³/mol. The van der Waals surface area contributed by atoms with E-state index in [-0.39, 0.29) is 5.78 Å². The number of Topliss-reactive ketones (excluding diaryl/α,β-unsaturated/α-hetero) is 1. The first-order chi connectivity index (χ1) is 5.07. The number of carbonyl (C=O) groups excluding carboxylic acids is 1. The first kappa shape index (κ1) is 10.4. The molecule has 1 atom stereocenters. The lowest BCUT2D eigenvalue weighted by molar-refractivity contribution is -0.115. The quantitative estimate of drug-likeness (QED) is 0.611. The Kier molecular flexibility index (Phi) is 4.79. The van der Waals surface area contributed by atoms with Crippen LogP contribution in [0.5, 0.6) is 0 Å². The second-order valence-electron chi connectivity index (χ2n) is 3.08. The van der Waals surface area contributed by atoms with E-state index in [1.807, 2.05) is 6.92 Å². The molecule has 2 N–H and O–H groups in total. The van der Waals surface area contributed by atoms with E-state index in [9.17, 15) is 4.79 Å². The highest BCUT2D eigenvalue weighted by molar-refractivity contribution is 5.93. The van der Waals surface area contributed by atoms with Crippen LogP contribution in [0.4, 0.5) is 0 Å². The molecular weight excluding hydrogens is 138 g/mol. The Morgan fingerprint density at radius 2 is 2.18 bits per heavy atom. The molecule has 0 saturated heterocycles. The lowest BCUT2D eigenvalue weighted by atomic mass is 10.0. The van der Waals surface area contributed by atoms with Crippen LogP contribution >= 0.6 is 0 Å². The van der Waals surface area contributed by atoms with E-state index in [1.165, 1.54) is 0 Å². The van der Waals surface area contributed by atoms with Crippen LogP contribution in [0.1, 0.15) is 26.7 Å². The fraction of sp³-hybridized carbons (Fsp3) is 0.667. The Morgan fingerprint density at radius 3 is 2.55 bits per heavy atom. The largest absolute Gasteiger partial charge is 0.330 e. The van der Waals surface area contributed by atoms with E-state index < -0.39 is 0 Å². The number of hydrogen-bond acceptors (Lipinski definition) is 2. The van der Waals surface area contributed by atoms with Gasteiger partial charge in [-0.15, -0.1) is 0 Å². The fourth-order valence-electron chi connectivity index (χ4n) is 0.709. The van der Waals surface area contributed by atoms with Gasteiger partial charge in [0.25, 0.3) is 0 Å². The van der Waals surface area contributed by atoms with Crippen molar-refractivity contribution in [2.45, 2.75) is 26.7 Å². The number of ketones is 1. The second-order valence-corrected chi connectivity index (χ2v) is 3.08. The third-order valence-corrected chi connectivity index (χ3v) is 1.74. The summed E-state index contributed by atoms with van der Waals surface area (Å²) in [5.41, 5.74) is 6.05. The maximum absolute atomic E-state index is 11.0. The van der Waals surface area contributed by atoms with Gasteiger partial charge in [-0.2, -0.15) is 0 Å². The average molecular weight is 155 g/mol. The molecule has 0 aromatic heterocycles. The molecule has 0 spiro atoms. The van der Waals surface area contributed by atoms with Crippen LogP contribution in [-0.2, 0) is 4.79 Å².